The summed E-state index contributed by atoms with van der Waals surface area (Å²) in [6, 6.07) is 1.74. The van der Waals surface area contributed by atoms with Crippen LogP contribution in [0.15, 0.2) is 22.9 Å². The Labute approximate surface area is 86.7 Å². The molecule has 0 N–H and O–H groups in total. The molecular formula is C10H11N3O2. The highest BCUT2D eigenvalue weighted by Crippen LogP contribution is 2.22. The number of nitrogens with zero attached hydrogens (tertiary/aromatic N) is 3. The minimum atomic E-state index is 0.314. The number of hydrogen-bond acceptors (Lipinski definition) is 4. The van der Waals surface area contributed by atoms with E-state index in [1.165, 1.54) is 6.26 Å². The van der Waals surface area contributed by atoms with Gasteiger partial charge >= 0.3 is 0 Å². The Balaban J connectivity index is 2.44. The number of aldehydes is 1. The number of carbonyl (C=O) groups is 1. The van der Waals surface area contributed by atoms with Crippen LogP contribution in [-0.2, 0) is 6.54 Å². The molecule has 5 nitrogen and oxygen atoms in total. The molecule has 0 saturated carbocycles. The summed E-state index contributed by atoms with van der Waals surface area (Å²) >= 11 is 0. The van der Waals surface area contributed by atoms with Crippen molar-refractivity contribution in [1.82, 2.24) is 15.0 Å². The average molecular weight is 205 g/mol. The number of carbonyl (C=O) groups excluding carboxylic acids is 1. The third-order valence-electron chi connectivity index (χ3n) is 2.13. The fourth-order valence-corrected chi connectivity index (χ4v) is 1.47. The molecule has 78 valence electrons. The summed E-state index contributed by atoms with van der Waals surface area (Å²) in [7, 11) is 0. The van der Waals surface area contributed by atoms with Crippen LogP contribution in [0.2, 0.25) is 0 Å². The van der Waals surface area contributed by atoms with Gasteiger partial charge in [0.25, 0.3) is 0 Å². The van der Waals surface area contributed by atoms with Crippen LogP contribution < -0.4 is 0 Å². The molecule has 0 aromatic carbocycles. The van der Waals surface area contributed by atoms with Crippen molar-refractivity contribution in [3.63, 3.8) is 0 Å². The van der Waals surface area contributed by atoms with Gasteiger partial charge in [-0.2, -0.15) is 0 Å². The Morgan fingerprint density at radius 1 is 1.60 bits per heavy atom. The molecular weight excluding hydrogens is 194 g/mol. The second kappa shape index (κ2) is 4.08. The predicted molar refractivity (Wildman–Crippen MR) is 53.4 cm³/mol. The zero-order valence-corrected chi connectivity index (χ0v) is 8.38. The number of rotatable bonds is 4. The van der Waals surface area contributed by atoms with Gasteiger partial charge in [0, 0.05) is 6.54 Å². The second-order valence-electron chi connectivity index (χ2n) is 3.16. The quantitative estimate of drug-likeness (QED) is 0.713. The Kier molecular flexibility index (Phi) is 2.62. The van der Waals surface area contributed by atoms with Crippen LogP contribution in [0.1, 0.15) is 23.9 Å². The summed E-state index contributed by atoms with van der Waals surface area (Å²) < 4.78 is 6.80. The van der Waals surface area contributed by atoms with E-state index in [9.17, 15) is 4.79 Å². The van der Waals surface area contributed by atoms with E-state index < -0.39 is 0 Å². The van der Waals surface area contributed by atoms with Crippen molar-refractivity contribution in [3.05, 3.63) is 24.3 Å². The predicted octanol–water partition coefficient (Wildman–Crippen LogP) is 1.76. The number of aryl methyl sites for hydroxylation is 1. The van der Waals surface area contributed by atoms with E-state index in [0.717, 1.165) is 24.2 Å². The van der Waals surface area contributed by atoms with Crippen LogP contribution in [0.3, 0.4) is 0 Å². The maximum absolute atomic E-state index is 10.7. The Morgan fingerprint density at radius 3 is 3.20 bits per heavy atom. The summed E-state index contributed by atoms with van der Waals surface area (Å²) in [4.78, 5) is 10.7. The molecule has 0 spiro atoms. The maximum Gasteiger partial charge on any atom is 0.186 e. The first kappa shape index (κ1) is 9.64. The first-order chi connectivity index (χ1) is 7.36. The van der Waals surface area contributed by atoms with Crippen LogP contribution in [-0.4, -0.2) is 21.3 Å². The smallest absolute Gasteiger partial charge is 0.186 e. The van der Waals surface area contributed by atoms with Gasteiger partial charge in [0.2, 0.25) is 0 Å². The van der Waals surface area contributed by atoms with Crippen molar-refractivity contribution in [1.29, 1.82) is 0 Å². The lowest BCUT2D eigenvalue weighted by Crippen LogP contribution is -2.01. The van der Waals surface area contributed by atoms with E-state index in [0.29, 0.717) is 12.0 Å². The topological polar surface area (TPSA) is 60.9 Å². The van der Waals surface area contributed by atoms with Gasteiger partial charge in [-0.05, 0) is 12.5 Å². The molecule has 0 aliphatic rings. The molecule has 0 fully saturated rings. The molecule has 2 rings (SSSR count). The van der Waals surface area contributed by atoms with Gasteiger partial charge in [-0.3, -0.25) is 4.79 Å². The summed E-state index contributed by atoms with van der Waals surface area (Å²) in [5, 5.41) is 7.77. The number of hydrogen-bond donors (Lipinski definition) is 0. The van der Waals surface area contributed by atoms with Gasteiger partial charge in [-0.25, -0.2) is 4.68 Å². The minimum Gasteiger partial charge on any atom is -0.461 e. The van der Waals surface area contributed by atoms with Crippen LogP contribution in [0, 0.1) is 0 Å². The van der Waals surface area contributed by atoms with E-state index in [-0.39, 0.29) is 0 Å². The molecule has 2 aromatic rings. The summed E-state index contributed by atoms with van der Waals surface area (Å²) in [5.74, 6) is 0.314. The SMILES string of the molecule is CCCn1nncc1-c1ccoc1C=O. The largest absolute Gasteiger partial charge is 0.461 e. The van der Waals surface area contributed by atoms with Gasteiger partial charge < -0.3 is 4.42 Å². The van der Waals surface area contributed by atoms with Crippen molar-refractivity contribution >= 4 is 6.29 Å². The molecule has 0 bridgehead atoms. The lowest BCUT2D eigenvalue weighted by Gasteiger charge is -2.02. The van der Waals surface area contributed by atoms with E-state index in [2.05, 4.69) is 17.2 Å². The molecule has 15 heavy (non-hydrogen) atoms. The Bertz CT molecular complexity index is 459. The standard InChI is InChI=1S/C10H11N3O2/c1-2-4-13-9(6-11-12-13)8-3-5-15-10(8)7-14/h3,5-7H,2,4H2,1H3. The highest BCUT2D eigenvalue weighted by Gasteiger charge is 2.12. The highest BCUT2D eigenvalue weighted by atomic mass is 16.3. The van der Waals surface area contributed by atoms with Crippen LogP contribution in [0.25, 0.3) is 11.3 Å². The monoisotopic (exact) mass is 205 g/mol. The number of furan rings is 1. The molecule has 0 saturated heterocycles. The summed E-state index contributed by atoms with van der Waals surface area (Å²) in [5.41, 5.74) is 1.55. The molecule has 0 amide bonds. The zero-order chi connectivity index (χ0) is 10.7. The van der Waals surface area contributed by atoms with E-state index in [1.807, 2.05) is 0 Å². The van der Waals surface area contributed by atoms with Gasteiger partial charge in [-0.15, -0.1) is 5.10 Å². The Morgan fingerprint density at radius 2 is 2.47 bits per heavy atom. The Hall–Kier alpha value is -1.91. The first-order valence-electron chi connectivity index (χ1n) is 4.78. The van der Waals surface area contributed by atoms with Crippen LogP contribution >= 0.6 is 0 Å². The minimum absolute atomic E-state index is 0.314. The maximum atomic E-state index is 10.7. The van der Waals surface area contributed by atoms with Crippen molar-refractivity contribution in [2.45, 2.75) is 19.9 Å². The lowest BCUT2D eigenvalue weighted by molar-refractivity contribution is 0.110. The summed E-state index contributed by atoms with van der Waals surface area (Å²) in [6.45, 7) is 2.83. The third-order valence-corrected chi connectivity index (χ3v) is 2.13. The van der Waals surface area contributed by atoms with Crippen molar-refractivity contribution in [3.8, 4) is 11.3 Å². The van der Waals surface area contributed by atoms with Gasteiger partial charge in [0.1, 0.15) is 0 Å². The molecule has 0 aliphatic heterocycles. The molecule has 5 heteroatoms. The molecule has 2 aromatic heterocycles. The van der Waals surface area contributed by atoms with Crippen LogP contribution in [0.5, 0.6) is 0 Å². The fraction of sp³-hybridized carbons (Fsp3) is 0.300. The highest BCUT2D eigenvalue weighted by molar-refractivity contribution is 5.82. The average Bonchev–Trinajstić information content (AvgIpc) is 2.84. The normalized spacial score (nSPS) is 10.5. The van der Waals surface area contributed by atoms with Crippen molar-refractivity contribution < 1.29 is 9.21 Å². The lowest BCUT2D eigenvalue weighted by atomic mass is 10.2. The molecule has 0 aliphatic carbocycles. The zero-order valence-electron chi connectivity index (χ0n) is 8.38. The van der Waals surface area contributed by atoms with Crippen molar-refractivity contribution in [2.24, 2.45) is 0 Å². The third kappa shape index (κ3) is 1.68. The molecule has 0 atom stereocenters. The second-order valence-corrected chi connectivity index (χ2v) is 3.16. The first-order valence-corrected chi connectivity index (χ1v) is 4.78. The van der Waals surface area contributed by atoms with E-state index in [1.54, 1.807) is 16.9 Å². The van der Waals surface area contributed by atoms with Gasteiger partial charge in [0.15, 0.2) is 12.0 Å². The van der Waals surface area contributed by atoms with E-state index in [4.69, 9.17) is 4.42 Å². The summed E-state index contributed by atoms with van der Waals surface area (Å²) in [6.07, 6.45) is 4.78. The molecule has 0 unspecified atom stereocenters. The molecule has 0 radical (unpaired) electrons. The van der Waals surface area contributed by atoms with Crippen LogP contribution in [0.4, 0.5) is 0 Å². The van der Waals surface area contributed by atoms with Gasteiger partial charge in [-0.1, -0.05) is 12.1 Å². The molecule has 2 heterocycles. The fourth-order valence-electron chi connectivity index (χ4n) is 1.47. The number of aromatic nitrogens is 3. The van der Waals surface area contributed by atoms with E-state index >= 15 is 0 Å². The van der Waals surface area contributed by atoms with Crippen molar-refractivity contribution in [2.75, 3.05) is 0 Å². The van der Waals surface area contributed by atoms with Gasteiger partial charge in [0.05, 0.1) is 23.7 Å².